The summed E-state index contributed by atoms with van der Waals surface area (Å²) in [5, 5.41) is 9.78. The summed E-state index contributed by atoms with van der Waals surface area (Å²) >= 11 is 11.3. The molecule has 5 heteroatoms. The number of hydrogen-bond donors (Lipinski definition) is 2. The maximum absolute atomic E-state index is 9.22. The van der Waals surface area contributed by atoms with E-state index in [1.807, 2.05) is 0 Å². The molecule has 0 fully saturated rings. The Balaban J connectivity index is 3.01. The average molecular weight is 221 g/mol. The summed E-state index contributed by atoms with van der Waals surface area (Å²) in [6.45, 7) is 1.60. The van der Waals surface area contributed by atoms with Gasteiger partial charge in [-0.05, 0) is 24.6 Å². The molecule has 3 nitrogen and oxygen atoms in total. The standard InChI is InChI=1S/C8H10Cl2N2O/c1-4(13)8(11)5-2-6(9)12-7(10)3-5/h2-4,8,13H,11H2,1H3/t4-,8+/m1/s1. The van der Waals surface area contributed by atoms with Gasteiger partial charge in [0.15, 0.2) is 0 Å². The van der Waals surface area contributed by atoms with Crippen molar-refractivity contribution in [2.24, 2.45) is 5.73 Å². The van der Waals surface area contributed by atoms with Crippen molar-refractivity contribution in [1.82, 2.24) is 4.98 Å². The Bertz CT molecular complexity index is 284. The van der Waals surface area contributed by atoms with Crippen molar-refractivity contribution in [1.29, 1.82) is 0 Å². The fraction of sp³-hybridized carbons (Fsp3) is 0.375. The van der Waals surface area contributed by atoms with E-state index < -0.39 is 12.1 Å². The Labute approximate surface area is 86.5 Å². The van der Waals surface area contributed by atoms with Gasteiger partial charge in [-0.2, -0.15) is 0 Å². The number of hydrogen-bond acceptors (Lipinski definition) is 3. The molecular formula is C8H10Cl2N2O. The molecule has 1 rings (SSSR count). The van der Waals surface area contributed by atoms with E-state index in [2.05, 4.69) is 4.98 Å². The number of nitrogens with two attached hydrogens (primary N) is 1. The number of nitrogens with zero attached hydrogens (tertiary/aromatic N) is 1. The molecule has 13 heavy (non-hydrogen) atoms. The van der Waals surface area contributed by atoms with E-state index in [1.54, 1.807) is 19.1 Å². The molecule has 0 radical (unpaired) electrons. The first kappa shape index (κ1) is 10.7. The van der Waals surface area contributed by atoms with Crippen molar-refractivity contribution in [2.75, 3.05) is 0 Å². The highest BCUT2D eigenvalue weighted by Crippen LogP contribution is 2.20. The van der Waals surface area contributed by atoms with Crippen LogP contribution in [-0.2, 0) is 0 Å². The van der Waals surface area contributed by atoms with Gasteiger partial charge in [-0.15, -0.1) is 0 Å². The predicted molar refractivity (Wildman–Crippen MR) is 52.9 cm³/mol. The summed E-state index contributed by atoms with van der Waals surface area (Å²) in [4.78, 5) is 3.77. The minimum absolute atomic E-state index is 0.276. The molecule has 0 spiro atoms. The van der Waals surface area contributed by atoms with Gasteiger partial charge in [0, 0.05) is 0 Å². The van der Waals surface area contributed by atoms with Crippen LogP contribution in [0.5, 0.6) is 0 Å². The van der Waals surface area contributed by atoms with Crippen molar-refractivity contribution < 1.29 is 5.11 Å². The highest BCUT2D eigenvalue weighted by atomic mass is 35.5. The molecule has 0 saturated carbocycles. The van der Waals surface area contributed by atoms with Crippen molar-refractivity contribution >= 4 is 23.2 Å². The lowest BCUT2D eigenvalue weighted by molar-refractivity contribution is 0.164. The largest absolute Gasteiger partial charge is 0.391 e. The molecule has 1 heterocycles. The van der Waals surface area contributed by atoms with Crippen LogP contribution >= 0.6 is 23.2 Å². The van der Waals surface area contributed by atoms with Crippen molar-refractivity contribution in [3.63, 3.8) is 0 Å². The highest BCUT2D eigenvalue weighted by Gasteiger charge is 2.13. The van der Waals surface area contributed by atoms with Crippen LogP contribution in [-0.4, -0.2) is 16.2 Å². The maximum Gasteiger partial charge on any atom is 0.131 e. The molecule has 0 amide bonds. The summed E-state index contributed by atoms with van der Waals surface area (Å²) in [5.74, 6) is 0. The summed E-state index contributed by atoms with van der Waals surface area (Å²) < 4.78 is 0. The van der Waals surface area contributed by atoms with E-state index in [-0.39, 0.29) is 10.3 Å². The van der Waals surface area contributed by atoms with Gasteiger partial charge in [0.05, 0.1) is 12.1 Å². The minimum atomic E-state index is -0.644. The lowest BCUT2D eigenvalue weighted by atomic mass is 10.1. The molecule has 2 atom stereocenters. The molecule has 1 aromatic rings. The number of rotatable bonds is 2. The SMILES string of the molecule is C[C@@H](O)[C@H](N)c1cc(Cl)nc(Cl)c1. The predicted octanol–water partition coefficient (Wildman–Crippen LogP) is 1.77. The summed E-state index contributed by atoms with van der Waals surface area (Å²) in [7, 11) is 0. The molecule has 3 N–H and O–H groups in total. The Hall–Kier alpha value is -0.350. The van der Waals surface area contributed by atoms with Gasteiger partial charge < -0.3 is 10.8 Å². The first-order valence-corrected chi connectivity index (χ1v) is 4.53. The Morgan fingerprint density at radius 2 is 1.85 bits per heavy atom. The van der Waals surface area contributed by atoms with E-state index in [9.17, 15) is 5.11 Å². The number of aliphatic hydroxyl groups excluding tert-OH is 1. The van der Waals surface area contributed by atoms with Crippen LogP contribution in [0.3, 0.4) is 0 Å². The van der Waals surface area contributed by atoms with Crippen LogP contribution < -0.4 is 5.73 Å². The van der Waals surface area contributed by atoms with Crippen molar-refractivity contribution in [3.05, 3.63) is 28.0 Å². The fourth-order valence-corrected chi connectivity index (χ4v) is 1.43. The molecule has 0 aromatic carbocycles. The number of aliphatic hydroxyl groups is 1. The zero-order chi connectivity index (χ0) is 10.0. The van der Waals surface area contributed by atoms with Gasteiger partial charge in [0.1, 0.15) is 10.3 Å². The summed E-state index contributed by atoms with van der Waals surface area (Å²) in [6, 6.07) is 2.69. The zero-order valence-corrected chi connectivity index (χ0v) is 8.55. The first-order chi connectivity index (χ1) is 6.00. The number of halogens is 2. The fourth-order valence-electron chi connectivity index (χ4n) is 0.954. The van der Waals surface area contributed by atoms with E-state index in [4.69, 9.17) is 28.9 Å². The summed E-state index contributed by atoms with van der Waals surface area (Å²) in [6.07, 6.45) is -0.644. The van der Waals surface area contributed by atoms with Crippen LogP contribution in [0.2, 0.25) is 10.3 Å². The quantitative estimate of drug-likeness (QED) is 0.748. The van der Waals surface area contributed by atoms with E-state index in [1.165, 1.54) is 0 Å². The van der Waals surface area contributed by atoms with Gasteiger partial charge in [-0.25, -0.2) is 4.98 Å². The molecule has 0 aliphatic carbocycles. The molecule has 72 valence electrons. The Morgan fingerprint density at radius 1 is 1.38 bits per heavy atom. The van der Waals surface area contributed by atoms with Crippen LogP contribution in [0.1, 0.15) is 18.5 Å². The van der Waals surface area contributed by atoms with Gasteiger partial charge in [0.2, 0.25) is 0 Å². The molecule has 0 aliphatic heterocycles. The van der Waals surface area contributed by atoms with Crippen molar-refractivity contribution in [2.45, 2.75) is 19.1 Å². The maximum atomic E-state index is 9.22. The summed E-state index contributed by atoms with van der Waals surface area (Å²) in [5.41, 5.74) is 6.36. The molecule has 0 bridgehead atoms. The third-order valence-electron chi connectivity index (χ3n) is 1.69. The molecule has 1 aromatic heterocycles. The Kier molecular flexibility index (Phi) is 3.50. The average Bonchev–Trinajstić information content (AvgIpc) is 2.01. The van der Waals surface area contributed by atoms with Crippen molar-refractivity contribution in [3.8, 4) is 0 Å². The monoisotopic (exact) mass is 220 g/mol. The van der Waals surface area contributed by atoms with Crippen LogP contribution in [0, 0.1) is 0 Å². The lowest BCUT2D eigenvalue weighted by Gasteiger charge is -2.15. The zero-order valence-electron chi connectivity index (χ0n) is 7.04. The third kappa shape index (κ3) is 2.81. The first-order valence-electron chi connectivity index (χ1n) is 3.77. The van der Waals surface area contributed by atoms with Crippen LogP contribution in [0.4, 0.5) is 0 Å². The van der Waals surface area contributed by atoms with E-state index >= 15 is 0 Å². The van der Waals surface area contributed by atoms with Gasteiger partial charge in [-0.3, -0.25) is 0 Å². The normalized spacial score (nSPS) is 15.5. The number of aromatic nitrogens is 1. The van der Waals surface area contributed by atoms with Crippen LogP contribution in [0.25, 0.3) is 0 Å². The van der Waals surface area contributed by atoms with E-state index in [0.717, 1.165) is 0 Å². The third-order valence-corrected chi connectivity index (χ3v) is 2.08. The molecule has 0 aliphatic rings. The van der Waals surface area contributed by atoms with Gasteiger partial charge in [0.25, 0.3) is 0 Å². The van der Waals surface area contributed by atoms with Crippen LogP contribution in [0.15, 0.2) is 12.1 Å². The topological polar surface area (TPSA) is 59.1 Å². The van der Waals surface area contributed by atoms with Gasteiger partial charge >= 0.3 is 0 Å². The van der Waals surface area contributed by atoms with E-state index in [0.29, 0.717) is 5.56 Å². The minimum Gasteiger partial charge on any atom is -0.391 e. The highest BCUT2D eigenvalue weighted by molar-refractivity contribution is 6.32. The Morgan fingerprint density at radius 3 is 2.23 bits per heavy atom. The smallest absolute Gasteiger partial charge is 0.131 e. The number of pyridine rings is 1. The lowest BCUT2D eigenvalue weighted by Crippen LogP contribution is -2.23. The molecule has 0 saturated heterocycles. The van der Waals surface area contributed by atoms with Gasteiger partial charge in [-0.1, -0.05) is 23.2 Å². The second-order valence-electron chi connectivity index (χ2n) is 2.81. The molecule has 0 unspecified atom stereocenters. The molecular weight excluding hydrogens is 211 g/mol. The second-order valence-corrected chi connectivity index (χ2v) is 3.59. The second kappa shape index (κ2) is 4.24.